The molecule has 0 aliphatic carbocycles. The molecule has 2 rings (SSSR count). The summed E-state index contributed by atoms with van der Waals surface area (Å²) in [5.41, 5.74) is 2.77. The Bertz CT molecular complexity index is 695. The molecule has 0 heterocycles. The summed E-state index contributed by atoms with van der Waals surface area (Å²) in [5, 5.41) is 2.92. The van der Waals surface area contributed by atoms with Crippen molar-refractivity contribution < 1.29 is 19.0 Å². The number of nitrogens with one attached hydrogen (secondary N) is 1. The quantitative estimate of drug-likeness (QED) is 0.848. The number of hydrogen-bond donors (Lipinski definition) is 1. The van der Waals surface area contributed by atoms with Gasteiger partial charge in [-0.2, -0.15) is 0 Å². The molecule has 0 unspecified atom stereocenters. The molecule has 0 aromatic heterocycles. The Morgan fingerprint density at radius 1 is 0.958 bits per heavy atom. The van der Waals surface area contributed by atoms with Crippen molar-refractivity contribution in [3.05, 3.63) is 53.1 Å². The maximum atomic E-state index is 12.1. The zero-order chi connectivity index (χ0) is 17.5. The van der Waals surface area contributed by atoms with Crippen molar-refractivity contribution in [3.63, 3.8) is 0 Å². The SMILES string of the molecule is COc1ccc(CC(=O)NCc2ccc(OC)c(C)c2OC)cc1. The van der Waals surface area contributed by atoms with Crippen LogP contribution < -0.4 is 19.5 Å². The topological polar surface area (TPSA) is 56.8 Å². The molecular weight excluding hydrogens is 306 g/mol. The van der Waals surface area contributed by atoms with Crippen LogP contribution >= 0.6 is 0 Å². The van der Waals surface area contributed by atoms with E-state index in [-0.39, 0.29) is 5.91 Å². The van der Waals surface area contributed by atoms with E-state index in [1.807, 2.05) is 43.3 Å². The van der Waals surface area contributed by atoms with E-state index in [9.17, 15) is 4.79 Å². The average Bonchev–Trinajstić information content (AvgIpc) is 2.60. The van der Waals surface area contributed by atoms with Crippen molar-refractivity contribution in [3.8, 4) is 17.2 Å². The number of carbonyl (C=O) groups is 1. The van der Waals surface area contributed by atoms with E-state index < -0.39 is 0 Å². The Balaban J connectivity index is 1.99. The standard InChI is InChI=1S/C19H23NO4/c1-13-17(23-3)10-7-15(19(13)24-4)12-20-18(21)11-14-5-8-16(22-2)9-6-14/h5-10H,11-12H2,1-4H3,(H,20,21). The molecule has 0 atom stereocenters. The van der Waals surface area contributed by atoms with Gasteiger partial charge in [0.2, 0.25) is 5.91 Å². The maximum absolute atomic E-state index is 12.1. The fourth-order valence-corrected chi connectivity index (χ4v) is 2.56. The lowest BCUT2D eigenvalue weighted by atomic mass is 10.1. The molecule has 2 aromatic rings. The molecule has 0 fully saturated rings. The highest BCUT2D eigenvalue weighted by atomic mass is 16.5. The Kier molecular flexibility index (Phi) is 6.07. The van der Waals surface area contributed by atoms with E-state index in [0.29, 0.717) is 13.0 Å². The minimum absolute atomic E-state index is 0.0457. The van der Waals surface area contributed by atoms with Crippen molar-refractivity contribution in [1.29, 1.82) is 0 Å². The molecule has 1 amide bonds. The Labute approximate surface area is 142 Å². The number of hydrogen-bond acceptors (Lipinski definition) is 4. The number of ether oxygens (including phenoxy) is 3. The van der Waals surface area contributed by atoms with Gasteiger partial charge in [-0.15, -0.1) is 0 Å². The van der Waals surface area contributed by atoms with Gasteiger partial charge in [-0.3, -0.25) is 4.79 Å². The molecule has 0 aliphatic rings. The van der Waals surface area contributed by atoms with E-state index in [1.165, 1.54) is 0 Å². The molecule has 0 bridgehead atoms. The normalized spacial score (nSPS) is 10.2. The van der Waals surface area contributed by atoms with Crippen molar-refractivity contribution in [2.75, 3.05) is 21.3 Å². The summed E-state index contributed by atoms with van der Waals surface area (Å²) in [6, 6.07) is 11.2. The first-order valence-corrected chi connectivity index (χ1v) is 7.69. The predicted molar refractivity (Wildman–Crippen MR) is 92.8 cm³/mol. The Morgan fingerprint density at radius 2 is 1.67 bits per heavy atom. The third-order valence-electron chi connectivity index (χ3n) is 3.86. The first-order valence-electron chi connectivity index (χ1n) is 7.69. The summed E-state index contributed by atoms with van der Waals surface area (Å²) in [4.78, 5) is 12.1. The van der Waals surface area contributed by atoms with E-state index in [0.717, 1.165) is 33.9 Å². The number of rotatable bonds is 7. The van der Waals surface area contributed by atoms with Gasteiger partial charge in [-0.1, -0.05) is 12.1 Å². The van der Waals surface area contributed by atoms with E-state index >= 15 is 0 Å². The Morgan fingerprint density at radius 3 is 2.25 bits per heavy atom. The lowest BCUT2D eigenvalue weighted by Crippen LogP contribution is -2.24. The molecule has 0 saturated carbocycles. The highest BCUT2D eigenvalue weighted by molar-refractivity contribution is 5.78. The predicted octanol–water partition coefficient (Wildman–Crippen LogP) is 2.88. The monoisotopic (exact) mass is 329 g/mol. The van der Waals surface area contributed by atoms with Crippen LogP contribution in [-0.4, -0.2) is 27.2 Å². The number of amides is 1. The van der Waals surface area contributed by atoms with Crippen molar-refractivity contribution in [2.24, 2.45) is 0 Å². The van der Waals surface area contributed by atoms with Gasteiger partial charge in [-0.05, 0) is 36.8 Å². The second kappa shape index (κ2) is 8.24. The first-order chi connectivity index (χ1) is 11.6. The molecule has 2 aromatic carbocycles. The van der Waals surface area contributed by atoms with E-state index in [1.54, 1.807) is 21.3 Å². The summed E-state index contributed by atoms with van der Waals surface area (Å²) in [5.74, 6) is 2.23. The number of carbonyl (C=O) groups excluding carboxylic acids is 1. The molecule has 5 heteroatoms. The minimum Gasteiger partial charge on any atom is -0.497 e. The van der Waals surface area contributed by atoms with Crippen LogP contribution in [0.25, 0.3) is 0 Å². The molecule has 128 valence electrons. The average molecular weight is 329 g/mol. The van der Waals surface area contributed by atoms with Gasteiger partial charge in [0.25, 0.3) is 0 Å². The van der Waals surface area contributed by atoms with Gasteiger partial charge in [-0.25, -0.2) is 0 Å². The first kappa shape index (κ1) is 17.7. The van der Waals surface area contributed by atoms with Crippen LogP contribution in [0.1, 0.15) is 16.7 Å². The van der Waals surface area contributed by atoms with Crippen LogP contribution in [0.2, 0.25) is 0 Å². The molecule has 1 N–H and O–H groups in total. The van der Waals surface area contributed by atoms with Gasteiger partial charge in [0.05, 0.1) is 27.8 Å². The van der Waals surface area contributed by atoms with Crippen LogP contribution in [0.15, 0.2) is 36.4 Å². The van der Waals surface area contributed by atoms with Gasteiger partial charge in [0.1, 0.15) is 17.2 Å². The number of methoxy groups -OCH3 is 3. The van der Waals surface area contributed by atoms with Crippen molar-refractivity contribution in [1.82, 2.24) is 5.32 Å². The van der Waals surface area contributed by atoms with Gasteiger partial charge in [0, 0.05) is 17.7 Å². The molecule has 24 heavy (non-hydrogen) atoms. The molecular formula is C19H23NO4. The fourth-order valence-electron chi connectivity index (χ4n) is 2.56. The van der Waals surface area contributed by atoms with Crippen molar-refractivity contribution >= 4 is 5.91 Å². The summed E-state index contributed by atoms with van der Waals surface area (Å²) in [6.45, 7) is 2.34. The third kappa shape index (κ3) is 4.19. The van der Waals surface area contributed by atoms with E-state index in [2.05, 4.69) is 5.32 Å². The second-order valence-electron chi connectivity index (χ2n) is 5.39. The largest absolute Gasteiger partial charge is 0.497 e. The lowest BCUT2D eigenvalue weighted by molar-refractivity contribution is -0.120. The van der Waals surface area contributed by atoms with Gasteiger partial charge < -0.3 is 19.5 Å². The summed E-state index contributed by atoms with van der Waals surface area (Å²) in [6.07, 6.45) is 0.321. The Hall–Kier alpha value is -2.69. The summed E-state index contributed by atoms with van der Waals surface area (Å²) in [7, 11) is 4.86. The molecule has 0 aliphatic heterocycles. The van der Waals surface area contributed by atoms with Gasteiger partial charge >= 0.3 is 0 Å². The van der Waals surface area contributed by atoms with Crippen LogP contribution in [0, 0.1) is 6.92 Å². The molecule has 0 radical (unpaired) electrons. The van der Waals surface area contributed by atoms with Crippen molar-refractivity contribution in [2.45, 2.75) is 19.9 Å². The maximum Gasteiger partial charge on any atom is 0.224 e. The smallest absolute Gasteiger partial charge is 0.224 e. The zero-order valence-corrected chi connectivity index (χ0v) is 14.5. The van der Waals surface area contributed by atoms with Gasteiger partial charge in [0.15, 0.2) is 0 Å². The summed E-state index contributed by atoms with van der Waals surface area (Å²) >= 11 is 0. The molecule has 5 nitrogen and oxygen atoms in total. The highest BCUT2D eigenvalue weighted by Gasteiger charge is 2.12. The lowest BCUT2D eigenvalue weighted by Gasteiger charge is -2.15. The fraction of sp³-hybridized carbons (Fsp3) is 0.316. The highest BCUT2D eigenvalue weighted by Crippen LogP contribution is 2.31. The van der Waals surface area contributed by atoms with Crippen LogP contribution in [0.5, 0.6) is 17.2 Å². The number of benzene rings is 2. The third-order valence-corrected chi connectivity index (χ3v) is 3.86. The van der Waals surface area contributed by atoms with Crippen LogP contribution in [-0.2, 0) is 17.8 Å². The summed E-state index contributed by atoms with van der Waals surface area (Å²) < 4.78 is 15.8. The minimum atomic E-state index is -0.0457. The van der Waals surface area contributed by atoms with Crippen LogP contribution in [0.4, 0.5) is 0 Å². The van der Waals surface area contributed by atoms with E-state index in [4.69, 9.17) is 14.2 Å². The zero-order valence-electron chi connectivity index (χ0n) is 14.5. The second-order valence-corrected chi connectivity index (χ2v) is 5.39. The molecule has 0 spiro atoms. The van der Waals surface area contributed by atoms with Crippen LogP contribution in [0.3, 0.4) is 0 Å². The molecule has 0 saturated heterocycles.